The van der Waals surface area contributed by atoms with Gasteiger partial charge < -0.3 is 19.7 Å². The molecule has 4 atom stereocenters. The van der Waals surface area contributed by atoms with Crippen molar-refractivity contribution >= 4 is 5.97 Å². The van der Waals surface area contributed by atoms with E-state index in [1.165, 1.54) is 7.11 Å². The van der Waals surface area contributed by atoms with Gasteiger partial charge in [0.1, 0.15) is 0 Å². The van der Waals surface area contributed by atoms with Crippen molar-refractivity contribution in [2.24, 2.45) is 5.92 Å². The highest BCUT2D eigenvalue weighted by Crippen LogP contribution is 2.27. The molecule has 5 nitrogen and oxygen atoms in total. The molecule has 15 heavy (non-hydrogen) atoms. The molecule has 0 aromatic carbocycles. The summed E-state index contributed by atoms with van der Waals surface area (Å²) in [6.07, 6.45) is -0.768. The highest BCUT2D eigenvalue weighted by molar-refractivity contribution is 5.69. The molecule has 0 aliphatic carbocycles. The van der Waals surface area contributed by atoms with Crippen LogP contribution in [0.1, 0.15) is 19.8 Å². The van der Waals surface area contributed by atoms with Crippen LogP contribution in [-0.4, -0.2) is 48.2 Å². The summed E-state index contributed by atoms with van der Waals surface area (Å²) in [5.74, 6) is -0.482. The minimum Gasteiger partial charge on any atom is -0.469 e. The quantitative estimate of drug-likeness (QED) is 0.636. The fourth-order valence-corrected chi connectivity index (χ4v) is 1.76. The molecule has 5 heteroatoms. The number of rotatable bonds is 3. The molecule has 0 spiro atoms. The van der Waals surface area contributed by atoms with E-state index in [9.17, 15) is 9.90 Å². The number of aliphatic hydroxyl groups excluding tert-OH is 2. The zero-order valence-corrected chi connectivity index (χ0v) is 9.05. The summed E-state index contributed by atoms with van der Waals surface area (Å²) in [7, 11) is 1.32. The lowest BCUT2D eigenvalue weighted by Crippen LogP contribution is -2.45. The minimum atomic E-state index is -0.537. The number of carbonyl (C=O) groups excluding carboxylic acids is 1. The smallest absolute Gasteiger partial charge is 0.308 e. The van der Waals surface area contributed by atoms with Crippen LogP contribution in [0.15, 0.2) is 0 Å². The number of hydrogen-bond acceptors (Lipinski definition) is 5. The maximum Gasteiger partial charge on any atom is 0.308 e. The van der Waals surface area contributed by atoms with Gasteiger partial charge in [-0.25, -0.2) is 0 Å². The van der Waals surface area contributed by atoms with Crippen molar-refractivity contribution in [1.29, 1.82) is 0 Å². The van der Waals surface area contributed by atoms with Crippen molar-refractivity contribution < 1.29 is 24.5 Å². The highest BCUT2D eigenvalue weighted by atomic mass is 16.5. The van der Waals surface area contributed by atoms with Crippen LogP contribution < -0.4 is 0 Å². The van der Waals surface area contributed by atoms with Gasteiger partial charge in [0.25, 0.3) is 0 Å². The van der Waals surface area contributed by atoms with Crippen molar-refractivity contribution in [2.75, 3.05) is 13.7 Å². The van der Waals surface area contributed by atoms with Gasteiger partial charge in [0.15, 0.2) is 0 Å². The van der Waals surface area contributed by atoms with Gasteiger partial charge in [0, 0.05) is 12.3 Å². The van der Waals surface area contributed by atoms with Crippen molar-refractivity contribution in [2.45, 2.75) is 38.1 Å². The monoisotopic (exact) mass is 218 g/mol. The SMILES string of the molecule is COC(=O)C[C@@H]1O[C@H](CO)C[C@H](O)[C@H]1C. The van der Waals surface area contributed by atoms with E-state index in [2.05, 4.69) is 4.74 Å². The molecule has 1 aliphatic heterocycles. The summed E-state index contributed by atoms with van der Waals surface area (Å²) >= 11 is 0. The maximum absolute atomic E-state index is 11.1. The van der Waals surface area contributed by atoms with Crippen LogP contribution >= 0.6 is 0 Å². The van der Waals surface area contributed by atoms with Crippen molar-refractivity contribution in [3.8, 4) is 0 Å². The van der Waals surface area contributed by atoms with Crippen LogP contribution in [0.5, 0.6) is 0 Å². The third-order valence-corrected chi connectivity index (χ3v) is 2.86. The van der Waals surface area contributed by atoms with Gasteiger partial charge in [-0.2, -0.15) is 0 Å². The summed E-state index contributed by atoms with van der Waals surface area (Å²) in [6, 6.07) is 0. The van der Waals surface area contributed by atoms with Crippen molar-refractivity contribution in [3.63, 3.8) is 0 Å². The Labute approximate surface area is 89.0 Å². The van der Waals surface area contributed by atoms with Gasteiger partial charge in [0.2, 0.25) is 0 Å². The Bertz CT molecular complexity index is 218. The molecule has 1 fully saturated rings. The van der Waals surface area contributed by atoms with Gasteiger partial charge >= 0.3 is 5.97 Å². The molecular formula is C10H18O5. The molecule has 1 heterocycles. The second-order valence-corrected chi connectivity index (χ2v) is 3.92. The maximum atomic E-state index is 11.1. The molecular weight excluding hydrogens is 200 g/mol. The Balaban J connectivity index is 2.56. The summed E-state index contributed by atoms with van der Waals surface area (Å²) in [5.41, 5.74) is 0. The Morgan fingerprint density at radius 2 is 2.27 bits per heavy atom. The lowest BCUT2D eigenvalue weighted by atomic mass is 9.89. The van der Waals surface area contributed by atoms with E-state index in [1.807, 2.05) is 6.92 Å². The fourth-order valence-electron chi connectivity index (χ4n) is 1.76. The van der Waals surface area contributed by atoms with Gasteiger partial charge in [-0.1, -0.05) is 6.92 Å². The van der Waals surface area contributed by atoms with Gasteiger partial charge in [0.05, 0.1) is 38.4 Å². The number of ether oxygens (including phenoxy) is 2. The standard InChI is InChI=1S/C10H18O5/c1-6-8(12)3-7(5-11)15-9(6)4-10(13)14-2/h6-9,11-12H,3-5H2,1-2H3/t6-,7+,8+,9+/m1/s1. The Morgan fingerprint density at radius 3 is 2.80 bits per heavy atom. The Hall–Kier alpha value is -0.650. The molecule has 0 aromatic rings. The molecule has 1 saturated heterocycles. The first-order valence-electron chi connectivity index (χ1n) is 5.09. The Morgan fingerprint density at radius 1 is 1.60 bits per heavy atom. The Kier molecular flexibility index (Phi) is 4.50. The lowest BCUT2D eigenvalue weighted by molar-refractivity contribution is -0.163. The summed E-state index contributed by atoms with van der Waals surface area (Å²) in [5, 5.41) is 18.6. The first kappa shape index (κ1) is 12.4. The number of hydrogen-bond donors (Lipinski definition) is 2. The van der Waals surface area contributed by atoms with E-state index in [0.29, 0.717) is 6.42 Å². The first-order chi connectivity index (χ1) is 7.08. The third kappa shape index (κ3) is 3.15. The third-order valence-electron chi connectivity index (χ3n) is 2.86. The molecule has 2 N–H and O–H groups in total. The van der Waals surface area contributed by atoms with Crippen LogP contribution in [0.25, 0.3) is 0 Å². The number of esters is 1. The molecule has 1 rings (SSSR count). The van der Waals surface area contributed by atoms with Crippen LogP contribution in [0.4, 0.5) is 0 Å². The van der Waals surface area contributed by atoms with Crippen LogP contribution in [-0.2, 0) is 14.3 Å². The molecule has 0 unspecified atom stereocenters. The van der Waals surface area contributed by atoms with Gasteiger partial charge in [-0.15, -0.1) is 0 Å². The van der Waals surface area contributed by atoms with E-state index >= 15 is 0 Å². The predicted octanol–water partition coefficient (Wildman–Crippen LogP) is -0.304. The molecule has 1 aliphatic rings. The van der Waals surface area contributed by atoms with Crippen LogP contribution in [0.3, 0.4) is 0 Å². The normalized spacial score (nSPS) is 36.3. The first-order valence-corrected chi connectivity index (χ1v) is 5.09. The summed E-state index contributed by atoms with van der Waals surface area (Å²) < 4.78 is 10.0. The molecule has 0 amide bonds. The lowest BCUT2D eigenvalue weighted by Gasteiger charge is -2.37. The van der Waals surface area contributed by atoms with Crippen LogP contribution in [0.2, 0.25) is 0 Å². The van der Waals surface area contributed by atoms with E-state index < -0.39 is 6.10 Å². The topological polar surface area (TPSA) is 76.0 Å². The molecule has 0 saturated carbocycles. The van der Waals surface area contributed by atoms with E-state index in [4.69, 9.17) is 9.84 Å². The average molecular weight is 218 g/mol. The molecule has 88 valence electrons. The number of methoxy groups -OCH3 is 1. The van der Waals surface area contributed by atoms with Crippen LogP contribution in [0, 0.1) is 5.92 Å². The largest absolute Gasteiger partial charge is 0.469 e. The number of aliphatic hydroxyl groups is 2. The molecule has 0 bridgehead atoms. The van der Waals surface area contributed by atoms with E-state index in [1.54, 1.807) is 0 Å². The molecule has 0 aromatic heterocycles. The van der Waals surface area contributed by atoms with Crippen molar-refractivity contribution in [1.82, 2.24) is 0 Å². The summed E-state index contributed by atoms with van der Waals surface area (Å²) in [6.45, 7) is 1.69. The minimum absolute atomic E-state index is 0.116. The molecule has 0 radical (unpaired) electrons. The highest BCUT2D eigenvalue weighted by Gasteiger charge is 2.35. The van der Waals surface area contributed by atoms with Gasteiger partial charge in [-0.3, -0.25) is 4.79 Å². The van der Waals surface area contributed by atoms with Crippen molar-refractivity contribution in [3.05, 3.63) is 0 Å². The number of carbonyl (C=O) groups is 1. The second kappa shape index (κ2) is 5.44. The van der Waals surface area contributed by atoms with E-state index in [-0.39, 0.29) is 37.1 Å². The van der Waals surface area contributed by atoms with E-state index in [0.717, 1.165) is 0 Å². The second-order valence-electron chi connectivity index (χ2n) is 3.92. The zero-order valence-electron chi connectivity index (χ0n) is 9.05. The fraction of sp³-hybridized carbons (Fsp3) is 0.900. The average Bonchev–Trinajstić information content (AvgIpc) is 2.24. The predicted molar refractivity (Wildman–Crippen MR) is 52.2 cm³/mol. The van der Waals surface area contributed by atoms with Gasteiger partial charge in [-0.05, 0) is 0 Å². The zero-order chi connectivity index (χ0) is 11.4. The summed E-state index contributed by atoms with van der Waals surface area (Å²) in [4.78, 5) is 11.1.